The fourth-order valence-corrected chi connectivity index (χ4v) is 2.64. The second-order valence-corrected chi connectivity index (χ2v) is 5.71. The zero-order valence-electron chi connectivity index (χ0n) is 13.6. The van der Waals surface area contributed by atoms with Crippen molar-refractivity contribution in [1.82, 2.24) is 9.55 Å². The van der Waals surface area contributed by atoms with Crippen molar-refractivity contribution in [2.45, 2.75) is 26.7 Å². The Morgan fingerprint density at radius 2 is 1.78 bits per heavy atom. The lowest BCUT2D eigenvalue weighted by Gasteiger charge is -2.16. The van der Waals surface area contributed by atoms with E-state index in [2.05, 4.69) is 0 Å². The second kappa shape index (κ2) is 6.24. The van der Waals surface area contributed by atoms with Gasteiger partial charge < -0.3 is 4.74 Å². The molecular formula is C19H20N2O2. The molecule has 3 rings (SSSR count). The standard InChI is InChI=1S/C19H20N2O2/c1-4-23-15-11-9-14(10-12-15)21-18(13(2)3)20-17-8-6-5-7-16(17)19(21)22/h5-13H,4H2,1-3H3. The number of ether oxygens (including phenoxy) is 1. The summed E-state index contributed by atoms with van der Waals surface area (Å²) in [4.78, 5) is 17.7. The van der Waals surface area contributed by atoms with E-state index in [0.717, 1.165) is 22.8 Å². The lowest BCUT2D eigenvalue weighted by atomic mass is 10.1. The number of hydrogen-bond acceptors (Lipinski definition) is 3. The number of rotatable bonds is 4. The van der Waals surface area contributed by atoms with E-state index >= 15 is 0 Å². The maximum Gasteiger partial charge on any atom is 0.265 e. The van der Waals surface area contributed by atoms with Crippen LogP contribution in [0, 0.1) is 0 Å². The largest absolute Gasteiger partial charge is 0.494 e. The summed E-state index contributed by atoms with van der Waals surface area (Å²) in [6.45, 7) is 6.65. The summed E-state index contributed by atoms with van der Waals surface area (Å²) in [6.07, 6.45) is 0. The van der Waals surface area contributed by atoms with Crippen molar-refractivity contribution in [1.29, 1.82) is 0 Å². The summed E-state index contributed by atoms with van der Waals surface area (Å²) in [7, 11) is 0. The average molecular weight is 308 g/mol. The van der Waals surface area contributed by atoms with E-state index in [1.54, 1.807) is 4.57 Å². The van der Waals surface area contributed by atoms with Gasteiger partial charge in [-0.2, -0.15) is 0 Å². The minimum absolute atomic E-state index is 0.0385. The van der Waals surface area contributed by atoms with Crippen LogP contribution in [0.2, 0.25) is 0 Å². The number of hydrogen-bond donors (Lipinski definition) is 0. The third-order valence-electron chi connectivity index (χ3n) is 3.72. The first kappa shape index (κ1) is 15.3. The summed E-state index contributed by atoms with van der Waals surface area (Å²) < 4.78 is 7.17. The SMILES string of the molecule is CCOc1ccc(-n2c(C(C)C)nc3ccccc3c2=O)cc1. The molecule has 0 atom stereocenters. The van der Waals surface area contributed by atoms with Gasteiger partial charge in [0.2, 0.25) is 0 Å². The molecule has 4 nitrogen and oxygen atoms in total. The van der Waals surface area contributed by atoms with E-state index < -0.39 is 0 Å². The van der Waals surface area contributed by atoms with Gasteiger partial charge in [0.25, 0.3) is 5.56 Å². The molecular weight excluding hydrogens is 288 g/mol. The summed E-state index contributed by atoms with van der Waals surface area (Å²) in [5, 5.41) is 0.630. The number of para-hydroxylation sites is 1. The Balaban J connectivity index is 2.24. The van der Waals surface area contributed by atoms with E-state index in [4.69, 9.17) is 9.72 Å². The van der Waals surface area contributed by atoms with Gasteiger partial charge in [-0.25, -0.2) is 4.98 Å². The zero-order chi connectivity index (χ0) is 16.4. The Morgan fingerprint density at radius 3 is 2.43 bits per heavy atom. The molecule has 0 unspecified atom stereocenters. The molecule has 0 radical (unpaired) electrons. The van der Waals surface area contributed by atoms with Gasteiger partial charge in [-0.3, -0.25) is 9.36 Å². The Kier molecular flexibility index (Phi) is 4.15. The quantitative estimate of drug-likeness (QED) is 0.734. The Bertz CT molecular complexity index is 880. The Labute approximate surface area is 135 Å². The van der Waals surface area contributed by atoms with Gasteiger partial charge in [-0.1, -0.05) is 26.0 Å². The third kappa shape index (κ3) is 2.84. The molecule has 0 N–H and O–H groups in total. The fourth-order valence-electron chi connectivity index (χ4n) is 2.64. The monoisotopic (exact) mass is 308 g/mol. The molecule has 118 valence electrons. The molecule has 23 heavy (non-hydrogen) atoms. The topological polar surface area (TPSA) is 44.1 Å². The molecule has 1 aromatic heterocycles. The highest BCUT2D eigenvalue weighted by Crippen LogP contribution is 2.20. The van der Waals surface area contributed by atoms with Gasteiger partial charge in [-0.05, 0) is 43.3 Å². The number of benzene rings is 2. The van der Waals surface area contributed by atoms with Crippen molar-refractivity contribution in [2.24, 2.45) is 0 Å². The van der Waals surface area contributed by atoms with Crippen LogP contribution in [0.4, 0.5) is 0 Å². The molecule has 0 spiro atoms. The molecule has 0 fully saturated rings. The molecule has 0 aliphatic rings. The van der Waals surface area contributed by atoms with Crippen LogP contribution >= 0.6 is 0 Å². The normalized spacial score (nSPS) is 11.1. The first-order valence-electron chi connectivity index (χ1n) is 7.86. The molecule has 4 heteroatoms. The summed E-state index contributed by atoms with van der Waals surface area (Å²) in [5.74, 6) is 1.70. The summed E-state index contributed by atoms with van der Waals surface area (Å²) in [6, 6.07) is 15.0. The highest BCUT2D eigenvalue weighted by molar-refractivity contribution is 5.77. The smallest absolute Gasteiger partial charge is 0.265 e. The molecule has 0 aliphatic heterocycles. The van der Waals surface area contributed by atoms with Crippen molar-refractivity contribution < 1.29 is 4.74 Å². The molecule has 3 aromatic rings. The first-order valence-corrected chi connectivity index (χ1v) is 7.86. The average Bonchev–Trinajstić information content (AvgIpc) is 2.56. The summed E-state index contributed by atoms with van der Waals surface area (Å²) in [5.41, 5.74) is 1.51. The molecule has 0 saturated carbocycles. The van der Waals surface area contributed by atoms with Crippen LogP contribution in [-0.2, 0) is 0 Å². The van der Waals surface area contributed by atoms with Gasteiger partial charge in [0.15, 0.2) is 0 Å². The molecule has 0 saturated heterocycles. The van der Waals surface area contributed by atoms with Gasteiger partial charge in [0.1, 0.15) is 11.6 Å². The van der Waals surface area contributed by atoms with E-state index in [1.165, 1.54) is 0 Å². The number of nitrogens with zero attached hydrogens (tertiary/aromatic N) is 2. The fraction of sp³-hybridized carbons (Fsp3) is 0.263. The molecule has 0 bridgehead atoms. The van der Waals surface area contributed by atoms with Gasteiger partial charge in [0, 0.05) is 5.92 Å². The highest BCUT2D eigenvalue weighted by Gasteiger charge is 2.15. The summed E-state index contributed by atoms with van der Waals surface area (Å²) >= 11 is 0. The van der Waals surface area contributed by atoms with Crippen molar-refractivity contribution in [3.63, 3.8) is 0 Å². The maximum atomic E-state index is 13.0. The number of fused-ring (bicyclic) bond motifs is 1. The zero-order valence-corrected chi connectivity index (χ0v) is 13.6. The van der Waals surface area contributed by atoms with Gasteiger partial charge >= 0.3 is 0 Å². The molecule has 1 heterocycles. The van der Waals surface area contributed by atoms with Crippen LogP contribution < -0.4 is 10.3 Å². The predicted octanol–water partition coefficient (Wildman–Crippen LogP) is 3.91. The molecule has 0 aliphatic carbocycles. The highest BCUT2D eigenvalue weighted by atomic mass is 16.5. The van der Waals surface area contributed by atoms with Crippen LogP contribution in [0.25, 0.3) is 16.6 Å². The Hall–Kier alpha value is -2.62. The van der Waals surface area contributed by atoms with E-state index in [0.29, 0.717) is 12.0 Å². The van der Waals surface area contributed by atoms with Crippen molar-refractivity contribution in [2.75, 3.05) is 6.61 Å². The van der Waals surface area contributed by atoms with Crippen molar-refractivity contribution in [3.05, 3.63) is 64.7 Å². The van der Waals surface area contributed by atoms with Crippen molar-refractivity contribution >= 4 is 10.9 Å². The lowest BCUT2D eigenvalue weighted by Crippen LogP contribution is -2.24. The van der Waals surface area contributed by atoms with Crippen LogP contribution in [-0.4, -0.2) is 16.2 Å². The second-order valence-electron chi connectivity index (χ2n) is 5.71. The molecule has 2 aromatic carbocycles. The van der Waals surface area contributed by atoms with Crippen LogP contribution in [0.5, 0.6) is 5.75 Å². The van der Waals surface area contributed by atoms with Crippen molar-refractivity contribution in [3.8, 4) is 11.4 Å². The lowest BCUT2D eigenvalue weighted by molar-refractivity contribution is 0.340. The molecule has 0 amide bonds. The van der Waals surface area contributed by atoms with E-state index in [-0.39, 0.29) is 11.5 Å². The predicted molar refractivity (Wildman–Crippen MR) is 92.6 cm³/mol. The van der Waals surface area contributed by atoms with Gasteiger partial charge in [0.05, 0.1) is 23.2 Å². The minimum Gasteiger partial charge on any atom is -0.494 e. The van der Waals surface area contributed by atoms with Gasteiger partial charge in [-0.15, -0.1) is 0 Å². The minimum atomic E-state index is -0.0385. The van der Waals surface area contributed by atoms with Crippen LogP contribution in [0.1, 0.15) is 32.5 Å². The number of aromatic nitrogens is 2. The third-order valence-corrected chi connectivity index (χ3v) is 3.72. The maximum absolute atomic E-state index is 13.0. The van der Waals surface area contributed by atoms with E-state index in [9.17, 15) is 4.79 Å². The van der Waals surface area contributed by atoms with Crippen LogP contribution in [0.3, 0.4) is 0 Å². The van der Waals surface area contributed by atoms with Crippen LogP contribution in [0.15, 0.2) is 53.3 Å². The first-order chi connectivity index (χ1) is 11.1. The Morgan fingerprint density at radius 1 is 1.09 bits per heavy atom. The van der Waals surface area contributed by atoms with E-state index in [1.807, 2.05) is 69.3 Å².